The van der Waals surface area contributed by atoms with E-state index in [4.69, 9.17) is 11.6 Å². The van der Waals surface area contributed by atoms with Gasteiger partial charge in [-0.2, -0.15) is 0 Å². The van der Waals surface area contributed by atoms with Crippen LogP contribution in [0.1, 0.15) is 31.8 Å². The number of amides is 2. The van der Waals surface area contributed by atoms with Gasteiger partial charge in [-0.25, -0.2) is 0 Å². The van der Waals surface area contributed by atoms with Crippen molar-refractivity contribution >= 4 is 46.4 Å². The maximum atomic E-state index is 13.0. The molecule has 0 fully saturated rings. The Morgan fingerprint density at radius 2 is 1.39 bits per heavy atom. The quantitative estimate of drug-likeness (QED) is 0.457. The maximum Gasteiger partial charge on any atom is 0.238 e. The Kier molecular flexibility index (Phi) is 6.35. The molecule has 0 unspecified atom stereocenters. The summed E-state index contributed by atoms with van der Waals surface area (Å²) in [6.45, 7) is -0.122. The number of rotatable bonds is 6. The molecule has 3 aromatic carbocycles. The third-order valence-corrected chi connectivity index (χ3v) is 5.40. The summed E-state index contributed by atoms with van der Waals surface area (Å²) in [7, 11) is 1.63. The minimum Gasteiger partial charge on any atom is -0.325 e. The number of likely N-dealkylation sites (N-methyl/N-ethyl adjacent to an activating group) is 1. The van der Waals surface area contributed by atoms with Crippen molar-refractivity contribution in [3.05, 3.63) is 94.0 Å². The Labute approximate surface area is 195 Å². The molecule has 1 aliphatic carbocycles. The topological polar surface area (TPSA) is 95.6 Å². The van der Waals surface area contributed by atoms with Gasteiger partial charge in [-0.05, 0) is 31.3 Å². The second-order valence-corrected chi connectivity index (χ2v) is 8.15. The van der Waals surface area contributed by atoms with Crippen LogP contribution in [0.3, 0.4) is 0 Å². The molecule has 2 amide bonds. The van der Waals surface area contributed by atoms with Gasteiger partial charge < -0.3 is 10.6 Å². The molecule has 3 aromatic rings. The van der Waals surface area contributed by atoms with Crippen molar-refractivity contribution in [2.24, 2.45) is 0 Å². The molecule has 0 atom stereocenters. The first-order valence-electron chi connectivity index (χ1n) is 10.2. The summed E-state index contributed by atoms with van der Waals surface area (Å²) in [5.74, 6) is -1.29. The zero-order chi connectivity index (χ0) is 23.5. The average molecular weight is 462 g/mol. The SMILES string of the molecule is CN(CC(=O)Nc1cccc(Cl)c1)CC(=O)Nc1cccc2c1C(=O)c1ccccc1C2=O. The van der Waals surface area contributed by atoms with Crippen LogP contribution in [0.2, 0.25) is 5.02 Å². The van der Waals surface area contributed by atoms with Crippen molar-refractivity contribution in [1.82, 2.24) is 4.90 Å². The van der Waals surface area contributed by atoms with Gasteiger partial charge in [0.25, 0.3) is 0 Å². The van der Waals surface area contributed by atoms with Gasteiger partial charge in [-0.3, -0.25) is 24.1 Å². The Hall–Kier alpha value is -3.81. The molecule has 0 heterocycles. The summed E-state index contributed by atoms with van der Waals surface area (Å²) in [6.07, 6.45) is 0. The number of halogens is 1. The maximum absolute atomic E-state index is 13.0. The normalized spacial score (nSPS) is 12.2. The first-order chi connectivity index (χ1) is 15.8. The smallest absolute Gasteiger partial charge is 0.238 e. The van der Waals surface area contributed by atoms with Crippen molar-refractivity contribution in [2.45, 2.75) is 0 Å². The number of carbonyl (C=O) groups excluding carboxylic acids is 4. The van der Waals surface area contributed by atoms with Crippen molar-refractivity contribution in [1.29, 1.82) is 0 Å². The summed E-state index contributed by atoms with van der Waals surface area (Å²) in [5.41, 5.74) is 1.92. The molecule has 2 N–H and O–H groups in total. The van der Waals surface area contributed by atoms with E-state index >= 15 is 0 Å². The van der Waals surface area contributed by atoms with Gasteiger partial charge in [0.1, 0.15) is 0 Å². The molecule has 0 bridgehead atoms. The van der Waals surface area contributed by atoms with Crippen LogP contribution in [0.15, 0.2) is 66.7 Å². The minimum absolute atomic E-state index is 0.0301. The standard InChI is InChI=1S/C25H20ClN3O4/c1-29(13-21(30)27-16-7-4-6-15(26)12-16)14-22(31)28-20-11-5-10-19-23(20)25(33)18-9-3-2-8-17(18)24(19)32/h2-12H,13-14H2,1H3,(H,27,30)(H,28,31). The highest BCUT2D eigenvalue weighted by atomic mass is 35.5. The molecule has 0 aliphatic heterocycles. The zero-order valence-corrected chi connectivity index (χ0v) is 18.5. The molecule has 0 spiro atoms. The van der Waals surface area contributed by atoms with Gasteiger partial charge in [0, 0.05) is 27.4 Å². The molecular weight excluding hydrogens is 442 g/mol. The lowest BCUT2D eigenvalue weighted by Crippen LogP contribution is -2.36. The van der Waals surface area contributed by atoms with E-state index in [1.807, 2.05) is 0 Å². The largest absolute Gasteiger partial charge is 0.325 e. The number of ketones is 2. The molecule has 8 heteroatoms. The molecule has 33 heavy (non-hydrogen) atoms. The van der Waals surface area contributed by atoms with E-state index < -0.39 is 5.91 Å². The number of fused-ring (bicyclic) bond motifs is 2. The Bertz CT molecular complexity index is 1290. The fraction of sp³-hybridized carbons (Fsp3) is 0.120. The second-order valence-electron chi connectivity index (χ2n) is 7.71. The highest BCUT2D eigenvalue weighted by Crippen LogP contribution is 2.31. The highest BCUT2D eigenvalue weighted by Gasteiger charge is 2.31. The molecule has 166 valence electrons. The second kappa shape index (κ2) is 9.36. The Balaban J connectivity index is 1.43. The van der Waals surface area contributed by atoms with Gasteiger partial charge in [0.05, 0.1) is 24.3 Å². The molecule has 0 radical (unpaired) electrons. The van der Waals surface area contributed by atoms with Crippen LogP contribution in [0.25, 0.3) is 0 Å². The van der Waals surface area contributed by atoms with Crippen molar-refractivity contribution < 1.29 is 19.2 Å². The van der Waals surface area contributed by atoms with Gasteiger partial charge >= 0.3 is 0 Å². The predicted molar refractivity (Wildman–Crippen MR) is 126 cm³/mol. The van der Waals surface area contributed by atoms with E-state index in [0.29, 0.717) is 21.8 Å². The van der Waals surface area contributed by atoms with Crippen molar-refractivity contribution in [3.8, 4) is 0 Å². The number of nitrogens with zero attached hydrogens (tertiary/aromatic N) is 1. The van der Waals surface area contributed by atoms with Crippen LogP contribution in [0.4, 0.5) is 11.4 Å². The summed E-state index contributed by atoms with van der Waals surface area (Å²) in [4.78, 5) is 52.3. The van der Waals surface area contributed by atoms with E-state index in [2.05, 4.69) is 10.6 Å². The fourth-order valence-electron chi connectivity index (χ4n) is 3.75. The first-order valence-corrected chi connectivity index (χ1v) is 10.6. The van der Waals surface area contributed by atoms with Crippen LogP contribution in [0, 0.1) is 0 Å². The van der Waals surface area contributed by atoms with Crippen LogP contribution in [0.5, 0.6) is 0 Å². The molecule has 0 saturated heterocycles. The van der Waals surface area contributed by atoms with Gasteiger partial charge in [0.15, 0.2) is 11.6 Å². The molecule has 0 aromatic heterocycles. The van der Waals surface area contributed by atoms with E-state index in [9.17, 15) is 19.2 Å². The minimum atomic E-state index is -0.416. The summed E-state index contributed by atoms with van der Waals surface area (Å²) in [6, 6.07) is 18.2. The number of hydrogen-bond donors (Lipinski definition) is 2. The number of hydrogen-bond acceptors (Lipinski definition) is 5. The fourth-order valence-corrected chi connectivity index (χ4v) is 3.94. The van der Waals surface area contributed by atoms with Gasteiger partial charge in [-0.1, -0.05) is 54.1 Å². The third-order valence-electron chi connectivity index (χ3n) is 5.16. The number of benzene rings is 3. The van der Waals surface area contributed by atoms with Crippen LogP contribution < -0.4 is 10.6 Å². The number of anilines is 2. The van der Waals surface area contributed by atoms with E-state index in [0.717, 1.165) is 0 Å². The van der Waals surface area contributed by atoms with Crippen molar-refractivity contribution in [3.63, 3.8) is 0 Å². The van der Waals surface area contributed by atoms with Crippen LogP contribution in [-0.4, -0.2) is 48.4 Å². The van der Waals surface area contributed by atoms with Crippen molar-refractivity contribution in [2.75, 3.05) is 30.8 Å². The van der Waals surface area contributed by atoms with E-state index in [1.54, 1.807) is 73.8 Å². The lowest BCUT2D eigenvalue weighted by atomic mass is 9.83. The average Bonchev–Trinajstić information content (AvgIpc) is 2.77. The lowest BCUT2D eigenvalue weighted by Gasteiger charge is -2.21. The molecule has 7 nitrogen and oxygen atoms in total. The van der Waals surface area contributed by atoms with Gasteiger partial charge in [0.2, 0.25) is 11.8 Å². The highest BCUT2D eigenvalue weighted by molar-refractivity contribution is 6.31. The van der Waals surface area contributed by atoms with Crippen LogP contribution in [-0.2, 0) is 9.59 Å². The predicted octanol–water partition coefficient (Wildman–Crippen LogP) is 3.62. The first kappa shape index (κ1) is 22.4. The molecule has 4 rings (SSSR count). The number of carbonyl (C=O) groups is 4. The Morgan fingerprint density at radius 3 is 2.09 bits per heavy atom. The summed E-state index contributed by atoms with van der Waals surface area (Å²) >= 11 is 5.92. The third kappa shape index (κ3) is 4.84. The molecule has 0 saturated carbocycles. The monoisotopic (exact) mass is 461 g/mol. The Morgan fingerprint density at radius 1 is 0.788 bits per heavy atom. The van der Waals surface area contributed by atoms with Crippen LogP contribution >= 0.6 is 11.6 Å². The summed E-state index contributed by atoms with van der Waals surface area (Å²) in [5, 5.41) is 5.93. The number of nitrogens with one attached hydrogen (secondary N) is 2. The van der Waals surface area contributed by atoms with Gasteiger partial charge in [-0.15, -0.1) is 0 Å². The zero-order valence-electron chi connectivity index (χ0n) is 17.7. The summed E-state index contributed by atoms with van der Waals surface area (Å²) < 4.78 is 0. The van der Waals surface area contributed by atoms with E-state index in [1.165, 1.54) is 4.90 Å². The lowest BCUT2D eigenvalue weighted by molar-refractivity contribution is -0.119. The molecular formula is C25H20ClN3O4. The molecule has 1 aliphatic rings. The van der Waals surface area contributed by atoms with E-state index in [-0.39, 0.29) is 47.4 Å².